The van der Waals surface area contributed by atoms with E-state index in [1.54, 1.807) is 25.1 Å². The highest BCUT2D eigenvalue weighted by Gasteiger charge is 2.13. The van der Waals surface area contributed by atoms with Gasteiger partial charge in [-0.1, -0.05) is 41.4 Å². The number of anilines is 2. The number of nitrogens with one attached hydrogen (secondary N) is 2. The molecule has 0 saturated heterocycles. The summed E-state index contributed by atoms with van der Waals surface area (Å²) in [5, 5.41) is 6.84. The monoisotopic (exact) mass is 308 g/mol. The van der Waals surface area contributed by atoms with Gasteiger partial charge in [0.2, 0.25) is 5.91 Å². The average Bonchev–Trinajstić information content (AvgIpc) is 2.44. The maximum absolute atomic E-state index is 12.0. The summed E-state index contributed by atoms with van der Waals surface area (Å²) < 4.78 is 0. The van der Waals surface area contributed by atoms with E-state index in [4.69, 9.17) is 23.2 Å². The van der Waals surface area contributed by atoms with Gasteiger partial charge in [0.25, 0.3) is 0 Å². The highest BCUT2D eigenvalue weighted by molar-refractivity contribution is 6.42. The van der Waals surface area contributed by atoms with E-state index in [9.17, 15) is 4.79 Å². The molecule has 2 rings (SSSR count). The van der Waals surface area contributed by atoms with E-state index in [2.05, 4.69) is 10.6 Å². The predicted molar refractivity (Wildman–Crippen MR) is 84.6 cm³/mol. The molecule has 0 fully saturated rings. The van der Waals surface area contributed by atoms with Gasteiger partial charge < -0.3 is 10.6 Å². The third kappa shape index (κ3) is 3.89. The van der Waals surface area contributed by atoms with Crippen molar-refractivity contribution >= 4 is 40.5 Å². The molecule has 1 atom stereocenters. The van der Waals surface area contributed by atoms with Crippen molar-refractivity contribution in [2.24, 2.45) is 0 Å². The number of carbonyl (C=O) groups is 1. The average molecular weight is 309 g/mol. The molecule has 0 saturated carbocycles. The Morgan fingerprint density at radius 2 is 1.70 bits per heavy atom. The Hall–Kier alpha value is -1.71. The van der Waals surface area contributed by atoms with Crippen molar-refractivity contribution in [1.82, 2.24) is 0 Å². The number of amides is 1. The Bertz CT molecular complexity index is 602. The zero-order chi connectivity index (χ0) is 14.5. The number of carbonyl (C=O) groups excluding carboxylic acids is 1. The minimum Gasteiger partial charge on any atom is -0.374 e. The Kier molecular flexibility index (Phi) is 4.88. The van der Waals surface area contributed by atoms with E-state index in [0.29, 0.717) is 10.0 Å². The molecular weight excluding hydrogens is 295 g/mol. The van der Waals surface area contributed by atoms with Gasteiger partial charge in [0.15, 0.2) is 0 Å². The van der Waals surface area contributed by atoms with E-state index < -0.39 is 6.04 Å². The molecule has 2 aromatic rings. The molecule has 0 aliphatic carbocycles. The number of halogens is 2. The summed E-state index contributed by atoms with van der Waals surface area (Å²) in [5.74, 6) is -0.123. The lowest BCUT2D eigenvalue weighted by Gasteiger charge is -2.15. The Morgan fingerprint density at radius 3 is 2.35 bits per heavy atom. The van der Waals surface area contributed by atoms with Crippen molar-refractivity contribution in [3.8, 4) is 0 Å². The fourth-order valence-corrected chi connectivity index (χ4v) is 1.97. The molecule has 0 heterocycles. The van der Waals surface area contributed by atoms with Crippen molar-refractivity contribution in [2.45, 2.75) is 13.0 Å². The molecule has 2 aromatic carbocycles. The van der Waals surface area contributed by atoms with Gasteiger partial charge in [-0.25, -0.2) is 0 Å². The van der Waals surface area contributed by atoms with Crippen LogP contribution in [0.3, 0.4) is 0 Å². The first-order valence-corrected chi connectivity index (χ1v) is 6.89. The molecule has 5 heteroatoms. The smallest absolute Gasteiger partial charge is 0.246 e. The van der Waals surface area contributed by atoms with Crippen LogP contribution in [0.5, 0.6) is 0 Å². The van der Waals surface area contributed by atoms with Gasteiger partial charge in [-0.15, -0.1) is 0 Å². The van der Waals surface area contributed by atoms with Crippen LogP contribution in [0.4, 0.5) is 11.4 Å². The molecule has 3 nitrogen and oxygen atoms in total. The molecular formula is C15H14Cl2N2O. The standard InChI is InChI=1S/C15H14Cl2N2O/c1-10(15(20)19-11-5-3-2-4-6-11)18-12-7-8-13(16)14(17)9-12/h2-10,18H,1H3,(H,19,20)/t10-/m0/s1. The summed E-state index contributed by atoms with van der Waals surface area (Å²) in [6.07, 6.45) is 0. The fourth-order valence-electron chi connectivity index (χ4n) is 1.67. The van der Waals surface area contributed by atoms with Gasteiger partial charge in [0, 0.05) is 11.4 Å². The highest BCUT2D eigenvalue weighted by Crippen LogP contribution is 2.25. The molecule has 2 N–H and O–H groups in total. The largest absolute Gasteiger partial charge is 0.374 e. The van der Waals surface area contributed by atoms with Gasteiger partial charge >= 0.3 is 0 Å². The maximum Gasteiger partial charge on any atom is 0.246 e. The molecule has 20 heavy (non-hydrogen) atoms. The first-order chi connectivity index (χ1) is 9.56. The summed E-state index contributed by atoms with van der Waals surface area (Å²) in [5.41, 5.74) is 1.51. The predicted octanol–water partition coefficient (Wildman–Crippen LogP) is 4.43. The third-order valence-corrected chi connectivity index (χ3v) is 3.48. The number of hydrogen-bond acceptors (Lipinski definition) is 2. The number of para-hydroxylation sites is 1. The molecule has 0 aromatic heterocycles. The summed E-state index contributed by atoms with van der Waals surface area (Å²) in [6, 6.07) is 14.1. The van der Waals surface area contributed by atoms with Crippen LogP contribution in [0.15, 0.2) is 48.5 Å². The summed E-state index contributed by atoms with van der Waals surface area (Å²) >= 11 is 11.8. The first kappa shape index (κ1) is 14.7. The zero-order valence-electron chi connectivity index (χ0n) is 10.9. The van der Waals surface area contributed by atoms with Gasteiger partial charge in [-0.05, 0) is 37.3 Å². The van der Waals surface area contributed by atoms with Crippen LogP contribution in [0, 0.1) is 0 Å². The second-order valence-corrected chi connectivity index (χ2v) is 5.16. The van der Waals surface area contributed by atoms with Crippen LogP contribution >= 0.6 is 23.2 Å². The Morgan fingerprint density at radius 1 is 1.00 bits per heavy atom. The van der Waals surface area contributed by atoms with Gasteiger partial charge in [0.05, 0.1) is 10.0 Å². The number of benzene rings is 2. The Balaban J connectivity index is 1.98. The molecule has 0 bridgehead atoms. The van der Waals surface area contributed by atoms with Crippen LogP contribution in [0.2, 0.25) is 10.0 Å². The highest BCUT2D eigenvalue weighted by atomic mass is 35.5. The fraction of sp³-hybridized carbons (Fsp3) is 0.133. The molecule has 1 amide bonds. The lowest BCUT2D eigenvalue weighted by molar-refractivity contribution is -0.116. The minimum absolute atomic E-state index is 0.123. The van der Waals surface area contributed by atoms with Crippen LogP contribution in [0.1, 0.15) is 6.92 Å². The Labute approximate surface area is 127 Å². The van der Waals surface area contributed by atoms with Crippen molar-refractivity contribution in [1.29, 1.82) is 0 Å². The van der Waals surface area contributed by atoms with Gasteiger partial charge in [-0.2, -0.15) is 0 Å². The molecule has 0 unspecified atom stereocenters. The summed E-state index contributed by atoms with van der Waals surface area (Å²) in [7, 11) is 0. The van der Waals surface area contributed by atoms with Crippen molar-refractivity contribution < 1.29 is 4.79 Å². The van der Waals surface area contributed by atoms with E-state index in [1.165, 1.54) is 0 Å². The summed E-state index contributed by atoms with van der Waals surface area (Å²) in [4.78, 5) is 12.0. The van der Waals surface area contributed by atoms with Crippen LogP contribution < -0.4 is 10.6 Å². The lowest BCUT2D eigenvalue weighted by atomic mass is 10.2. The maximum atomic E-state index is 12.0. The molecule has 0 aliphatic rings. The van der Waals surface area contributed by atoms with Crippen LogP contribution in [-0.4, -0.2) is 11.9 Å². The number of rotatable bonds is 4. The third-order valence-electron chi connectivity index (χ3n) is 2.74. The van der Waals surface area contributed by atoms with Crippen LogP contribution in [0.25, 0.3) is 0 Å². The van der Waals surface area contributed by atoms with Crippen molar-refractivity contribution in [3.05, 3.63) is 58.6 Å². The first-order valence-electron chi connectivity index (χ1n) is 6.14. The van der Waals surface area contributed by atoms with E-state index in [1.807, 2.05) is 30.3 Å². The van der Waals surface area contributed by atoms with Crippen molar-refractivity contribution in [3.63, 3.8) is 0 Å². The van der Waals surface area contributed by atoms with Gasteiger partial charge in [-0.3, -0.25) is 4.79 Å². The number of hydrogen-bond donors (Lipinski definition) is 2. The summed E-state index contributed by atoms with van der Waals surface area (Å²) in [6.45, 7) is 1.78. The van der Waals surface area contributed by atoms with E-state index in [0.717, 1.165) is 11.4 Å². The van der Waals surface area contributed by atoms with Gasteiger partial charge in [0.1, 0.15) is 6.04 Å². The normalized spacial score (nSPS) is 11.8. The quantitative estimate of drug-likeness (QED) is 0.877. The van der Waals surface area contributed by atoms with E-state index in [-0.39, 0.29) is 5.91 Å². The van der Waals surface area contributed by atoms with Crippen LogP contribution in [-0.2, 0) is 4.79 Å². The zero-order valence-corrected chi connectivity index (χ0v) is 12.4. The minimum atomic E-state index is -0.396. The topological polar surface area (TPSA) is 41.1 Å². The lowest BCUT2D eigenvalue weighted by Crippen LogP contribution is -2.31. The molecule has 104 valence electrons. The SMILES string of the molecule is C[C@H](Nc1ccc(Cl)c(Cl)c1)C(=O)Nc1ccccc1. The molecule has 0 radical (unpaired) electrons. The van der Waals surface area contributed by atoms with E-state index >= 15 is 0 Å². The molecule has 0 spiro atoms. The second kappa shape index (κ2) is 6.64. The second-order valence-electron chi connectivity index (χ2n) is 4.35. The molecule has 0 aliphatic heterocycles. The van der Waals surface area contributed by atoms with Crippen molar-refractivity contribution in [2.75, 3.05) is 10.6 Å².